The standard InChI is InChI=1S/C9H13N3.C9H6O6/c1-4-8-7(3)11-9(5-2)12(8)6-10;10-7(11)4-1-2-5(8(12)13)6(3-4)9(14)15/h4-5H2,1-3H3;1-3H,(H,10,11)(H,12,13)(H,14,15). The normalized spacial score (nSPS) is 9.70. The van der Waals surface area contributed by atoms with Gasteiger partial charge in [0.25, 0.3) is 0 Å². The molecule has 0 unspecified atom stereocenters. The van der Waals surface area contributed by atoms with Crippen molar-refractivity contribution in [1.82, 2.24) is 9.55 Å². The number of carbonyl (C=O) groups is 3. The molecule has 1 aromatic carbocycles. The van der Waals surface area contributed by atoms with Crippen molar-refractivity contribution in [1.29, 1.82) is 5.26 Å². The van der Waals surface area contributed by atoms with E-state index < -0.39 is 29.0 Å². The van der Waals surface area contributed by atoms with Gasteiger partial charge in [0.15, 0.2) is 6.19 Å². The molecule has 0 saturated carbocycles. The highest BCUT2D eigenvalue weighted by Crippen LogP contribution is 2.13. The van der Waals surface area contributed by atoms with E-state index in [-0.39, 0.29) is 5.56 Å². The van der Waals surface area contributed by atoms with Crippen molar-refractivity contribution < 1.29 is 29.7 Å². The van der Waals surface area contributed by atoms with Gasteiger partial charge in [0.1, 0.15) is 5.82 Å². The molecule has 0 atom stereocenters. The monoisotopic (exact) mass is 373 g/mol. The Labute approximate surface area is 155 Å². The first-order valence-electron chi connectivity index (χ1n) is 7.98. The van der Waals surface area contributed by atoms with Gasteiger partial charge >= 0.3 is 17.9 Å². The van der Waals surface area contributed by atoms with Gasteiger partial charge in [-0.1, -0.05) is 13.8 Å². The van der Waals surface area contributed by atoms with Gasteiger partial charge in [0.2, 0.25) is 0 Å². The van der Waals surface area contributed by atoms with Crippen molar-refractivity contribution in [3.8, 4) is 6.19 Å². The van der Waals surface area contributed by atoms with Crippen molar-refractivity contribution in [2.75, 3.05) is 0 Å². The van der Waals surface area contributed by atoms with E-state index >= 15 is 0 Å². The van der Waals surface area contributed by atoms with Crippen LogP contribution in [0.5, 0.6) is 0 Å². The second kappa shape index (κ2) is 9.15. The number of carboxylic acids is 3. The number of nitriles is 1. The summed E-state index contributed by atoms with van der Waals surface area (Å²) in [5, 5.41) is 34.7. The third-order valence-corrected chi connectivity index (χ3v) is 3.72. The van der Waals surface area contributed by atoms with E-state index in [1.807, 2.05) is 20.8 Å². The number of imidazole rings is 1. The average molecular weight is 373 g/mol. The van der Waals surface area contributed by atoms with Crippen molar-refractivity contribution in [3.05, 3.63) is 52.1 Å². The van der Waals surface area contributed by atoms with Gasteiger partial charge in [-0.2, -0.15) is 5.26 Å². The molecule has 9 heteroatoms. The number of carboxylic acid groups (broad SMARTS) is 3. The lowest BCUT2D eigenvalue weighted by atomic mass is 10.0. The van der Waals surface area contributed by atoms with Crippen LogP contribution < -0.4 is 0 Å². The number of nitrogens with zero attached hydrogens (tertiary/aromatic N) is 3. The number of hydrogen-bond acceptors (Lipinski definition) is 5. The van der Waals surface area contributed by atoms with E-state index in [2.05, 4.69) is 11.2 Å². The Hall–Kier alpha value is -3.67. The van der Waals surface area contributed by atoms with Crippen LogP contribution in [-0.2, 0) is 12.8 Å². The molecule has 3 N–H and O–H groups in total. The lowest BCUT2D eigenvalue weighted by Crippen LogP contribution is -2.10. The van der Waals surface area contributed by atoms with Gasteiger partial charge in [-0.15, -0.1) is 0 Å². The SMILES string of the molecule is CCc1nc(C)c(CC)n1C#N.O=C(O)c1ccc(C(=O)O)c(C(=O)O)c1. The fraction of sp³-hybridized carbons (Fsp3) is 0.278. The van der Waals surface area contributed by atoms with Crippen molar-refractivity contribution in [2.24, 2.45) is 0 Å². The summed E-state index contributed by atoms with van der Waals surface area (Å²) >= 11 is 0. The van der Waals surface area contributed by atoms with Crippen LogP contribution in [0.15, 0.2) is 18.2 Å². The number of rotatable bonds is 5. The molecule has 0 spiro atoms. The maximum absolute atomic E-state index is 10.6. The third-order valence-electron chi connectivity index (χ3n) is 3.72. The van der Waals surface area contributed by atoms with E-state index in [0.717, 1.165) is 48.3 Å². The summed E-state index contributed by atoms with van der Waals surface area (Å²) in [5.41, 5.74) is 0.776. The van der Waals surface area contributed by atoms with Crippen molar-refractivity contribution in [2.45, 2.75) is 33.6 Å². The van der Waals surface area contributed by atoms with Crippen LogP contribution >= 0.6 is 0 Å². The minimum absolute atomic E-state index is 0.266. The highest BCUT2D eigenvalue weighted by Gasteiger charge is 2.18. The Morgan fingerprint density at radius 3 is 2.04 bits per heavy atom. The molecule has 0 amide bonds. The Kier molecular flexibility index (Phi) is 7.24. The van der Waals surface area contributed by atoms with Gasteiger partial charge < -0.3 is 15.3 Å². The largest absolute Gasteiger partial charge is 0.478 e. The summed E-state index contributed by atoms with van der Waals surface area (Å²) in [4.78, 5) is 36.1. The van der Waals surface area contributed by atoms with E-state index in [1.54, 1.807) is 4.57 Å². The second-order valence-corrected chi connectivity index (χ2v) is 5.38. The number of aromatic nitrogens is 2. The molecule has 0 bridgehead atoms. The number of benzene rings is 1. The van der Waals surface area contributed by atoms with Crippen LogP contribution in [0.25, 0.3) is 0 Å². The maximum atomic E-state index is 10.6. The van der Waals surface area contributed by atoms with E-state index in [1.165, 1.54) is 0 Å². The molecule has 9 nitrogen and oxygen atoms in total. The van der Waals surface area contributed by atoms with Crippen LogP contribution in [0.3, 0.4) is 0 Å². The molecule has 27 heavy (non-hydrogen) atoms. The van der Waals surface area contributed by atoms with Crippen LogP contribution in [0.2, 0.25) is 0 Å². The topological polar surface area (TPSA) is 154 Å². The zero-order chi connectivity index (χ0) is 20.7. The lowest BCUT2D eigenvalue weighted by molar-refractivity contribution is 0.0649. The van der Waals surface area contributed by atoms with Crippen LogP contribution in [0.4, 0.5) is 0 Å². The first kappa shape index (κ1) is 21.4. The summed E-state index contributed by atoms with van der Waals surface area (Å²) in [6.07, 6.45) is 3.82. The summed E-state index contributed by atoms with van der Waals surface area (Å²) < 4.78 is 1.63. The molecule has 0 aliphatic rings. The third kappa shape index (κ3) is 4.92. The van der Waals surface area contributed by atoms with Crippen molar-refractivity contribution in [3.63, 3.8) is 0 Å². The van der Waals surface area contributed by atoms with Gasteiger partial charge in [-0.05, 0) is 31.5 Å². The minimum Gasteiger partial charge on any atom is -0.478 e. The fourth-order valence-corrected chi connectivity index (χ4v) is 2.44. The molecule has 1 heterocycles. The van der Waals surface area contributed by atoms with Gasteiger partial charge in [0, 0.05) is 6.42 Å². The number of aryl methyl sites for hydroxylation is 2. The zero-order valence-electron chi connectivity index (χ0n) is 15.1. The molecule has 142 valence electrons. The van der Waals surface area contributed by atoms with Crippen LogP contribution in [0, 0.1) is 18.4 Å². The molecule has 2 rings (SSSR count). The molecule has 1 aromatic heterocycles. The van der Waals surface area contributed by atoms with Crippen LogP contribution in [0.1, 0.15) is 62.1 Å². The molecule has 0 radical (unpaired) electrons. The number of hydrogen-bond donors (Lipinski definition) is 3. The number of aromatic carboxylic acids is 3. The Balaban J connectivity index is 0.000000277. The molecule has 0 aliphatic heterocycles. The van der Waals surface area contributed by atoms with Crippen LogP contribution in [-0.4, -0.2) is 42.8 Å². The van der Waals surface area contributed by atoms with E-state index in [0.29, 0.717) is 0 Å². The first-order chi connectivity index (χ1) is 12.7. The maximum Gasteiger partial charge on any atom is 0.336 e. The van der Waals surface area contributed by atoms with Gasteiger partial charge in [0.05, 0.1) is 28.1 Å². The lowest BCUT2D eigenvalue weighted by Gasteiger charge is -2.02. The highest BCUT2D eigenvalue weighted by atomic mass is 16.4. The quantitative estimate of drug-likeness (QED) is 0.722. The summed E-state index contributed by atoms with van der Waals surface area (Å²) in [6, 6.07) is 2.81. The minimum atomic E-state index is -1.48. The van der Waals surface area contributed by atoms with E-state index in [9.17, 15) is 14.4 Å². The average Bonchev–Trinajstić information content (AvgIpc) is 2.95. The van der Waals surface area contributed by atoms with Gasteiger partial charge in [-0.3, -0.25) is 0 Å². The summed E-state index contributed by atoms with van der Waals surface area (Å²) in [6.45, 7) is 6.00. The zero-order valence-corrected chi connectivity index (χ0v) is 15.1. The Morgan fingerprint density at radius 1 is 1.04 bits per heavy atom. The molecule has 0 fully saturated rings. The Bertz CT molecular complexity index is 924. The predicted molar refractivity (Wildman–Crippen MR) is 94.1 cm³/mol. The molecular formula is C18H19N3O6. The highest BCUT2D eigenvalue weighted by molar-refractivity contribution is 6.03. The predicted octanol–water partition coefficient (Wildman–Crippen LogP) is 2.43. The fourth-order valence-electron chi connectivity index (χ4n) is 2.44. The summed E-state index contributed by atoms with van der Waals surface area (Å²) in [5.74, 6) is -3.33. The van der Waals surface area contributed by atoms with Gasteiger partial charge in [-0.25, -0.2) is 23.9 Å². The summed E-state index contributed by atoms with van der Waals surface area (Å²) in [7, 11) is 0. The molecule has 2 aromatic rings. The first-order valence-corrected chi connectivity index (χ1v) is 7.98. The molecular weight excluding hydrogens is 354 g/mol. The Morgan fingerprint density at radius 2 is 1.63 bits per heavy atom. The van der Waals surface area contributed by atoms with E-state index in [4.69, 9.17) is 20.6 Å². The second-order valence-electron chi connectivity index (χ2n) is 5.38. The molecule has 0 aliphatic carbocycles. The smallest absolute Gasteiger partial charge is 0.336 e. The molecule has 0 saturated heterocycles. The van der Waals surface area contributed by atoms with Crippen molar-refractivity contribution >= 4 is 17.9 Å².